The fraction of sp³-hybridized carbons (Fsp3) is 0.267. The van der Waals surface area contributed by atoms with E-state index in [1.165, 1.54) is 22.9 Å². The van der Waals surface area contributed by atoms with Crippen molar-refractivity contribution in [2.45, 2.75) is 25.4 Å². The number of halogens is 4. The summed E-state index contributed by atoms with van der Waals surface area (Å²) < 4.78 is 41.0. The van der Waals surface area contributed by atoms with Crippen molar-refractivity contribution in [3.05, 3.63) is 52.3 Å². The Labute approximate surface area is 124 Å². The van der Waals surface area contributed by atoms with E-state index < -0.39 is 11.7 Å². The van der Waals surface area contributed by atoms with Gasteiger partial charge in [0, 0.05) is 23.9 Å². The number of para-hydroxylation sites is 1. The van der Waals surface area contributed by atoms with Gasteiger partial charge in [0.25, 0.3) is 0 Å². The van der Waals surface area contributed by atoms with Gasteiger partial charge in [-0.15, -0.1) is 0 Å². The van der Waals surface area contributed by atoms with Gasteiger partial charge in [-0.25, -0.2) is 0 Å². The monoisotopic (exact) mass is 313 g/mol. The summed E-state index contributed by atoms with van der Waals surface area (Å²) in [6, 6.07) is 5.26. The number of hydrogen-bond acceptors (Lipinski definition) is 1. The van der Waals surface area contributed by atoms with Crippen LogP contribution in [0.5, 0.6) is 0 Å². The topological polar surface area (TPSA) is 22.0 Å². The molecule has 0 saturated carbocycles. The highest BCUT2D eigenvalue weighted by Crippen LogP contribution is 2.39. The molecule has 0 radical (unpaired) electrons. The molecule has 1 heterocycles. The van der Waals surface area contributed by atoms with Gasteiger partial charge in [-0.2, -0.15) is 13.2 Å². The van der Waals surface area contributed by atoms with Gasteiger partial charge in [0.2, 0.25) is 0 Å². The maximum atomic E-state index is 13.2. The van der Waals surface area contributed by atoms with E-state index in [0.717, 1.165) is 6.07 Å². The average molecular weight is 314 g/mol. The van der Waals surface area contributed by atoms with Crippen LogP contribution in [0.15, 0.2) is 30.5 Å². The molecule has 110 valence electrons. The van der Waals surface area contributed by atoms with Crippen LogP contribution >= 0.6 is 11.6 Å². The molecule has 1 aromatic carbocycles. The lowest BCUT2D eigenvalue weighted by Gasteiger charge is -2.19. The van der Waals surface area contributed by atoms with Crippen molar-refractivity contribution in [1.29, 1.82) is 0 Å². The minimum absolute atomic E-state index is 0.0150. The minimum atomic E-state index is -4.50. The quantitative estimate of drug-likeness (QED) is 0.750. The summed E-state index contributed by atoms with van der Waals surface area (Å²) in [6.45, 7) is 0. The molecule has 0 N–H and O–H groups in total. The minimum Gasteiger partial charge on any atom is -0.318 e. The number of alkyl halides is 3. The number of benzene rings is 1. The Bertz CT molecular complexity index is 718. The molecule has 1 aliphatic carbocycles. The first-order chi connectivity index (χ1) is 9.89. The average Bonchev–Trinajstić information content (AvgIpc) is 2.82. The molecule has 3 rings (SSSR count). The molecule has 0 unspecified atom stereocenters. The normalized spacial score (nSPS) is 15.1. The molecule has 2 aromatic rings. The Kier molecular flexibility index (Phi) is 3.32. The van der Waals surface area contributed by atoms with Gasteiger partial charge in [0.15, 0.2) is 5.78 Å². The van der Waals surface area contributed by atoms with Gasteiger partial charge in [-0.05, 0) is 31.0 Å². The van der Waals surface area contributed by atoms with E-state index >= 15 is 0 Å². The number of carbonyl (C=O) groups excluding carboxylic acids is 1. The van der Waals surface area contributed by atoms with E-state index in [9.17, 15) is 18.0 Å². The molecule has 6 heteroatoms. The van der Waals surface area contributed by atoms with E-state index in [1.54, 1.807) is 6.07 Å². The predicted molar refractivity (Wildman–Crippen MR) is 73.0 cm³/mol. The van der Waals surface area contributed by atoms with Gasteiger partial charge in [-0.1, -0.05) is 17.7 Å². The molecule has 0 fully saturated rings. The molecular formula is C15H11ClF3NO. The Morgan fingerprint density at radius 3 is 2.62 bits per heavy atom. The summed E-state index contributed by atoms with van der Waals surface area (Å²) in [7, 11) is 0. The summed E-state index contributed by atoms with van der Waals surface area (Å²) in [5, 5.41) is 0.0150. The fourth-order valence-electron chi connectivity index (χ4n) is 2.72. The van der Waals surface area contributed by atoms with E-state index in [4.69, 9.17) is 11.6 Å². The smallest absolute Gasteiger partial charge is 0.318 e. The van der Waals surface area contributed by atoms with E-state index in [0.29, 0.717) is 30.5 Å². The molecule has 0 atom stereocenters. The maximum absolute atomic E-state index is 13.2. The highest BCUT2D eigenvalue weighted by molar-refractivity contribution is 6.32. The van der Waals surface area contributed by atoms with Crippen LogP contribution in [0, 0.1) is 0 Å². The number of nitrogens with zero attached hydrogens (tertiary/aromatic N) is 1. The summed E-state index contributed by atoms with van der Waals surface area (Å²) >= 11 is 6.00. The summed E-state index contributed by atoms with van der Waals surface area (Å²) in [5.41, 5.74) is 0.188. The van der Waals surface area contributed by atoms with Crippen molar-refractivity contribution < 1.29 is 18.0 Å². The first kappa shape index (κ1) is 14.2. The molecule has 0 amide bonds. The molecule has 0 aliphatic heterocycles. The van der Waals surface area contributed by atoms with Crippen LogP contribution in [0.3, 0.4) is 0 Å². The number of hydrogen-bond donors (Lipinski definition) is 0. The van der Waals surface area contributed by atoms with Crippen LogP contribution in [-0.2, 0) is 12.6 Å². The van der Waals surface area contributed by atoms with Crippen molar-refractivity contribution in [2.24, 2.45) is 0 Å². The Morgan fingerprint density at radius 1 is 1.14 bits per heavy atom. The van der Waals surface area contributed by atoms with Crippen LogP contribution in [0.1, 0.15) is 34.5 Å². The van der Waals surface area contributed by atoms with Crippen LogP contribution in [-0.4, -0.2) is 10.4 Å². The third-order valence-corrected chi connectivity index (χ3v) is 3.95. The van der Waals surface area contributed by atoms with Gasteiger partial charge in [0.05, 0.1) is 16.3 Å². The molecule has 1 aliphatic rings. The molecule has 0 bridgehead atoms. The Hall–Kier alpha value is -1.75. The standard InChI is InChI=1S/C15H11ClF3NO/c16-11-4-1-3-10(15(17,18)19)14(11)20-8-7-9-12(20)5-2-6-13(9)21/h1,3-4,7-8H,2,5-6H2. The van der Waals surface area contributed by atoms with Crippen molar-refractivity contribution >= 4 is 17.4 Å². The van der Waals surface area contributed by atoms with Crippen LogP contribution in [0.25, 0.3) is 5.69 Å². The number of aromatic nitrogens is 1. The number of ketones is 1. The van der Waals surface area contributed by atoms with Crippen molar-refractivity contribution in [3.8, 4) is 5.69 Å². The lowest BCUT2D eigenvalue weighted by molar-refractivity contribution is -0.137. The molecule has 2 nitrogen and oxygen atoms in total. The van der Waals surface area contributed by atoms with Gasteiger partial charge in [-0.3, -0.25) is 4.79 Å². The highest BCUT2D eigenvalue weighted by atomic mass is 35.5. The fourth-order valence-corrected chi connectivity index (χ4v) is 2.99. The second-order valence-corrected chi connectivity index (χ2v) is 5.36. The molecule has 21 heavy (non-hydrogen) atoms. The first-order valence-corrected chi connectivity index (χ1v) is 6.87. The van der Waals surface area contributed by atoms with E-state index in [-0.39, 0.29) is 16.5 Å². The molecular weight excluding hydrogens is 303 g/mol. The highest BCUT2D eigenvalue weighted by Gasteiger charge is 2.35. The molecule has 1 aromatic heterocycles. The van der Waals surface area contributed by atoms with E-state index in [1.807, 2.05) is 0 Å². The Balaban J connectivity index is 2.25. The molecule has 0 saturated heterocycles. The number of rotatable bonds is 1. The third-order valence-electron chi connectivity index (χ3n) is 3.64. The van der Waals surface area contributed by atoms with Crippen LogP contribution in [0.4, 0.5) is 13.2 Å². The first-order valence-electron chi connectivity index (χ1n) is 6.49. The number of fused-ring (bicyclic) bond motifs is 1. The zero-order valence-electron chi connectivity index (χ0n) is 10.9. The lowest BCUT2D eigenvalue weighted by Crippen LogP contribution is -2.16. The zero-order chi connectivity index (χ0) is 15.2. The van der Waals surface area contributed by atoms with Gasteiger partial charge in [0.1, 0.15) is 0 Å². The maximum Gasteiger partial charge on any atom is 0.418 e. The number of Topliss-reactive ketones (excluding diaryl/α,β-unsaturated/α-hetero) is 1. The number of carbonyl (C=O) groups is 1. The summed E-state index contributed by atoms with van der Waals surface area (Å²) in [4.78, 5) is 11.8. The van der Waals surface area contributed by atoms with Crippen LogP contribution < -0.4 is 0 Å². The van der Waals surface area contributed by atoms with Crippen molar-refractivity contribution in [1.82, 2.24) is 4.57 Å². The third kappa shape index (κ3) is 2.35. The summed E-state index contributed by atoms with van der Waals surface area (Å²) in [5.74, 6) is -0.0318. The van der Waals surface area contributed by atoms with Crippen molar-refractivity contribution in [2.75, 3.05) is 0 Å². The zero-order valence-corrected chi connectivity index (χ0v) is 11.6. The van der Waals surface area contributed by atoms with Crippen molar-refractivity contribution in [3.63, 3.8) is 0 Å². The second kappa shape index (κ2) is 4.91. The SMILES string of the molecule is O=C1CCCc2c1ccn2-c1c(Cl)cccc1C(F)(F)F. The lowest BCUT2D eigenvalue weighted by atomic mass is 9.96. The Morgan fingerprint density at radius 2 is 1.90 bits per heavy atom. The molecule has 0 spiro atoms. The predicted octanol–water partition coefficient (Wildman–Crippen LogP) is 4.67. The summed E-state index contributed by atoms with van der Waals surface area (Å²) in [6.07, 6.45) is -1.37. The second-order valence-electron chi connectivity index (χ2n) is 4.96. The van der Waals surface area contributed by atoms with E-state index in [2.05, 4.69) is 0 Å². The largest absolute Gasteiger partial charge is 0.418 e. The van der Waals surface area contributed by atoms with Gasteiger partial charge >= 0.3 is 6.18 Å². The van der Waals surface area contributed by atoms with Crippen LogP contribution in [0.2, 0.25) is 5.02 Å². The van der Waals surface area contributed by atoms with Gasteiger partial charge < -0.3 is 4.57 Å².